The number of benzene rings is 2. The molecule has 3 rings (SSSR count). The summed E-state index contributed by atoms with van der Waals surface area (Å²) in [4.78, 5) is 26.0. The minimum Gasteiger partial charge on any atom is -0.493 e. The summed E-state index contributed by atoms with van der Waals surface area (Å²) < 4.78 is 46.6. The lowest BCUT2D eigenvalue weighted by Crippen LogP contribution is -2.28. The van der Waals surface area contributed by atoms with E-state index in [-0.39, 0.29) is 33.5 Å². The number of nitrogens with zero attached hydrogens (tertiary/aromatic N) is 1. The Morgan fingerprint density at radius 3 is 2.57 bits per heavy atom. The van der Waals surface area contributed by atoms with Gasteiger partial charge in [-0.1, -0.05) is 23.7 Å². The van der Waals surface area contributed by atoms with Gasteiger partial charge >= 0.3 is 10.1 Å². The molecular formula is C19H15ClFNO6S2. The number of rotatable bonds is 6. The van der Waals surface area contributed by atoms with E-state index in [2.05, 4.69) is 0 Å². The van der Waals surface area contributed by atoms with E-state index in [0.29, 0.717) is 17.3 Å². The van der Waals surface area contributed by atoms with Gasteiger partial charge in [0.1, 0.15) is 5.82 Å². The smallest absolute Gasteiger partial charge is 0.306 e. The summed E-state index contributed by atoms with van der Waals surface area (Å²) in [5, 5.41) is -0.446. The molecule has 1 saturated heterocycles. The summed E-state index contributed by atoms with van der Waals surface area (Å²) in [7, 11) is -2.42. The van der Waals surface area contributed by atoms with Crippen molar-refractivity contribution in [3.05, 3.63) is 63.3 Å². The van der Waals surface area contributed by atoms with Crippen molar-refractivity contribution in [2.24, 2.45) is 0 Å². The van der Waals surface area contributed by atoms with Gasteiger partial charge in [0.15, 0.2) is 11.5 Å². The number of hydrogen-bond acceptors (Lipinski definition) is 7. The first kappa shape index (κ1) is 22.1. The zero-order valence-corrected chi connectivity index (χ0v) is 18.1. The fourth-order valence-electron chi connectivity index (χ4n) is 2.64. The number of carbonyl (C=O) groups is 2. The Balaban J connectivity index is 1.86. The molecule has 0 radical (unpaired) electrons. The van der Waals surface area contributed by atoms with Crippen LogP contribution in [-0.4, -0.2) is 37.8 Å². The molecule has 0 saturated carbocycles. The minimum atomic E-state index is -3.75. The van der Waals surface area contributed by atoms with Crippen LogP contribution in [0.4, 0.5) is 9.18 Å². The van der Waals surface area contributed by atoms with Gasteiger partial charge in [0.2, 0.25) is 0 Å². The zero-order valence-electron chi connectivity index (χ0n) is 15.7. The van der Waals surface area contributed by atoms with Crippen molar-refractivity contribution in [2.45, 2.75) is 6.54 Å². The predicted molar refractivity (Wildman–Crippen MR) is 111 cm³/mol. The Morgan fingerprint density at radius 1 is 1.20 bits per heavy atom. The van der Waals surface area contributed by atoms with Crippen molar-refractivity contribution < 1.29 is 31.3 Å². The number of ether oxygens (including phenoxy) is 1. The van der Waals surface area contributed by atoms with Gasteiger partial charge < -0.3 is 8.92 Å². The van der Waals surface area contributed by atoms with Crippen LogP contribution in [0.15, 0.2) is 41.3 Å². The van der Waals surface area contributed by atoms with Crippen molar-refractivity contribution in [1.82, 2.24) is 4.90 Å². The highest BCUT2D eigenvalue weighted by Gasteiger charge is 2.36. The highest BCUT2D eigenvalue weighted by molar-refractivity contribution is 8.18. The van der Waals surface area contributed by atoms with Gasteiger partial charge in [-0.3, -0.25) is 14.5 Å². The summed E-state index contributed by atoms with van der Waals surface area (Å²) in [6.45, 7) is -0.294. The molecule has 0 unspecified atom stereocenters. The number of imide groups is 1. The third kappa shape index (κ3) is 4.94. The number of carbonyl (C=O) groups excluding carboxylic acids is 2. The van der Waals surface area contributed by atoms with Crippen LogP contribution in [0.1, 0.15) is 11.1 Å². The first-order chi connectivity index (χ1) is 14.1. The van der Waals surface area contributed by atoms with Gasteiger partial charge in [-0.15, -0.1) is 0 Å². The molecule has 0 atom stereocenters. The highest BCUT2D eigenvalue weighted by Crippen LogP contribution is 2.36. The fraction of sp³-hybridized carbons (Fsp3) is 0.158. The molecule has 158 valence electrons. The van der Waals surface area contributed by atoms with Gasteiger partial charge in [0, 0.05) is 10.6 Å². The average molecular weight is 472 g/mol. The number of halogens is 2. The van der Waals surface area contributed by atoms with Gasteiger partial charge in [-0.05, 0) is 47.7 Å². The maximum Gasteiger partial charge on any atom is 0.306 e. The molecule has 0 spiro atoms. The molecule has 0 bridgehead atoms. The molecular weight excluding hydrogens is 457 g/mol. The molecule has 2 amide bonds. The molecule has 0 N–H and O–H groups in total. The molecule has 2 aromatic rings. The molecule has 11 heteroatoms. The van der Waals surface area contributed by atoms with Gasteiger partial charge in [-0.2, -0.15) is 8.42 Å². The van der Waals surface area contributed by atoms with E-state index in [4.69, 9.17) is 20.5 Å². The second-order valence-electron chi connectivity index (χ2n) is 6.17. The number of methoxy groups -OCH3 is 1. The Kier molecular flexibility index (Phi) is 6.39. The van der Waals surface area contributed by atoms with Crippen LogP contribution in [0, 0.1) is 5.82 Å². The third-order valence-corrected chi connectivity index (χ3v) is 5.72. The quantitative estimate of drug-likeness (QED) is 0.463. The van der Waals surface area contributed by atoms with Gasteiger partial charge in [0.05, 0.1) is 24.8 Å². The SMILES string of the molecule is COc1cc(/C=C2\SC(=O)N(Cc3c(F)cccc3Cl)C2=O)ccc1OS(C)(=O)=O. The lowest BCUT2D eigenvalue weighted by molar-refractivity contribution is -0.123. The lowest BCUT2D eigenvalue weighted by Gasteiger charge is -2.14. The largest absolute Gasteiger partial charge is 0.493 e. The molecule has 1 heterocycles. The molecule has 0 aromatic heterocycles. The Labute approximate surface area is 181 Å². The zero-order chi connectivity index (χ0) is 22.1. The summed E-state index contributed by atoms with van der Waals surface area (Å²) in [5.74, 6) is -1.09. The van der Waals surface area contributed by atoms with E-state index in [1.54, 1.807) is 0 Å². The first-order valence-corrected chi connectivity index (χ1v) is 11.4. The molecule has 2 aromatic carbocycles. The Bertz CT molecular complexity index is 1150. The lowest BCUT2D eigenvalue weighted by atomic mass is 10.1. The Morgan fingerprint density at radius 2 is 1.93 bits per heavy atom. The predicted octanol–water partition coefficient (Wildman–Crippen LogP) is 4.06. The number of hydrogen-bond donors (Lipinski definition) is 0. The first-order valence-electron chi connectivity index (χ1n) is 8.35. The maximum absolute atomic E-state index is 14.0. The summed E-state index contributed by atoms with van der Waals surface area (Å²) in [5.41, 5.74) is 0.522. The molecule has 1 aliphatic heterocycles. The van der Waals surface area contributed by atoms with Crippen LogP contribution in [-0.2, 0) is 21.5 Å². The van der Waals surface area contributed by atoms with Crippen molar-refractivity contribution >= 4 is 50.7 Å². The van der Waals surface area contributed by atoms with E-state index in [1.807, 2.05) is 0 Å². The van der Waals surface area contributed by atoms with Crippen LogP contribution in [0.25, 0.3) is 6.08 Å². The second kappa shape index (κ2) is 8.66. The van der Waals surface area contributed by atoms with Gasteiger partial charge in [-0.25, -0.2) is 4.39 Å². The van der Waals surface area contributed by atoms with E-state index < -0.39 is 27.1 Å². The monoisotopic (exact) mass is 471 g/mol. The fourth-order valence-corrected chi connectivity index (χ4v) is 4.16. The normalized spacial score (nSPS) is 15.7. The van der Waals surface area contributed by atoms with E-state index in [0.717, 1.165) is 11.2 Å². The van der Waals surface area contributed by atoms with Crippen LogP contribution < -0.4 is 8.92 Å². The van der Waals surface area contributed by atoms with Crippen molar-refractivity contribution in [1.29, 1.82) is 0 Å². The minimum absolute atomic E-state index is 0.0144. The van der Waals surface area contributed by atoms with Crippen LogP contribution in [0.2, 0.25) is 5.02 Å². The molecule has 7 nitrogen and oxygen atoms in total. The summed E-state index contributed by atoms with van der Waals surface area (Å²) in [6.07, 6.45) is 2.35. The standard InChI is InChI=1S/C19H15ClFNO6S2/c1-27-16-8-11(6-7-15(16)28-30(2,25)26)9-17-18(23)22(19(24)29-17)10-12-13(20)4-3-5-14(12)21/h3-9H,10H2,1-2H3/b17-9-. The van der Waals surface area contributed by atoms with E-state index in [1.165, 1.54) is 49.6 Å². The maximum atomic E-state index is 14.0. The summed E-state index contributed by atoms with van der Waals surface area (Å²) >= 11 is 6.68. The number of amides is 2. The van der Waals surface area contributed by atoms with Crippen LogP contribution >= 0.6 is 23.4 Å². The van der Waals surface area contributed by atoms with Crippen molar-refractivity contribution in [2.75, 3.05) is 13.4 Å². The molecule has 0 aliphatic carbocycles. The molecule has 1 fully saturated rings. The third-order valence-electron chi connectivity index (χ3n) is 3.98. The van der Waals surface area contributed by atoms with E-state index in [9.17, 15) is 22.4 Å². The van der Waals surface area contributed by atoms with Crippen molar-refractivity contribution in [3.8, 4) is 11.5 Å². The van der Waals surface area contributed by atoms with E-state index >= 15 is 0 Å². The van der Waals surface area contributed by atoms with Crippen molar-refractivity contribution in [3.63, 3.8) is 0 Å². The van der Waals surface area contributed by atoms with Crippen LogP contribution in [0.3, 0.4) is 0 Å². The topological polar surface area (TPSA) is 90.0 Å². The number of thioether (sulfide) groups is 1. The van der Waals surface area contributed by atoms with Crippen LogP contribution in [0.5, 0.6) is 11.5 Å². The molecule has 30 heavy (non-hydrogen) atoms. The average Bonchev–Trinajstić information content (AvgIpc) is 2.91. The second-order valence-corrected chi connectivity index (χ2v) is 9.14. The highest BCUT2D eigenvalue weighted by atomic mass is 35.5. The van der Waals surface area contributed by atoms with Gasteiger partial charge in [0.25, 0.3) is 11.1 Å². The Hall–Kier alpha value is -2.56. The molecule has 1 aliphatic rings. The summed E-state index contributed by atoms with van der Waals surface area (Å²) in [6, 6.07) is 8.44.